The number of carbonyl (C=O) groups is 1. The molecule has 2 aromatic rings. The zero-order chi connectivity index (χ0) is 12.0. The molecule has 0 aromatic carbocycles. The molecule has 0 spiro atoms. The third-order valence-electron chi connectivity index (χ3n) is 2.35. The van der Waals surface area contributed by atoms with Crippen molar-refractivity contribution in [2.45, 2.75) is 19.8 Å². The summed E-state index contributed by atoms with van der Waals surface area (Å²) in [6.45, 7) is 4.04. The molecule has 0 aliphatic carbocycles. The van der Waals surface area contributed by atoms with E-state index in [9.17, 15) is 4.79 Å². The molecule has 0 bridgehead atoms. The maximum absolute atomic E-state index is 10.9. The van der Waals surface area contributed by atoms with E-state index in [0.29, 0.717) is 10.4 Å². The van der Waals surface area contributed by atoms with Crippen LogP contribution in [0.5, 0.6) is 0 Å². The highest BCUT2D eigenvalue weighted by molar-refractivity contribution is 9.10. The van der Waals surface area contributed by atoms with Gasteiger partial charge in [-0.05, 0) is 15.9 Å². The molecule has 0 fully saturated rings. The molecule has 1 N–H and O–H groups in total. The summed E-state index contributed by atoms with van der Waals surface area (Å²) in [5.74, 6) is 0.573. The summed E-state index contributed by atoms with van der Waals surface area (Å²) in [5.41, 5.74) is -0.0200. The summed E-state index contributed by atoms with van der Waals surface area (Å²) in [6, 6.07) is 0. The second-order valence-corrected chi connectivity index (χ2v) is 4.59. The van der Waals surface area contributed by atoms with Gasteiger partial charge in [0, 0.05) is 13.0 Å². The number of imidazole rings is 1. The van der Waals surface area contributed by atoms with Crippen LogP contribution in [-0.4, -0.2) is 30.2 Å². The fraction of sp³-hybridized carbons (Fsp3) is 0.444. The Bertz CT molecular complexity index is 570. The van der Waals surface area contributed by atoms with Crippen molar-refractivity contribution in [1.29, 1.82) is 0 Å². The average Bonchev–Trinajstić information content (AvgIpc) is 2.66. The first-order valence-electron chi connectivity index (χ1n) is 4.77. The third-order valence-corrected chi connectivity index (χ3v) is 3.06. The quantitative estimate of drug-likeness (QED) is 0.911. The van der Waals surface area contributed by atoms with Crippen LogP contribution in [-0.2, 0) is 7.05 Å². The largest absolute Gasteiger partial charge is 0.476 e. The Morgan fingerprint density at radius 3 is 2.56 bits per heavy atom. The number of aryl methyl sites for hydroxylation is 1. The third kappa shape index (κ3) is 1.42. The van der Waals surface area contributed by atoms with Crippen LogP contribution in [0.15, 0.2) is 4.60 Å². The molecule has 2 heterocycles. The van der Waals surface area contributed by atoms with Crippen LogP contribution in [0.1, 0.15) is 36.1 Å². The predicted octanol–water partition coefficient (Wildman–Crippen LogP) is 1.65. The van der Waals surface area contributed by atoms with E-state index in [-0.39, 0.29) is 11.6 Å². The maximum Gasteiger partial charge on any atom is 0.357 e. The molecule has 0 aliphatic heterocycles. The number of carboxylic acid groups (broad SMARTS) is 1. The Morgan fingerprint density at radius 1 is 1.50 bits per heavy atom. The van der Waals surface area contributed by atoms with Gasteiger partial charge in [-0.2, -0.15) is 9.61 Å². The highest BCUT2D eigenvalue weighted by Crippen LogP contribution is 2.21. The monoisotopic (exact) mass is 286 g/mol. The van der Waals surface area contributed by atoms with Gasteiger partial charge in [0.15, 0.2) is 5.69 Å². The highest BCUT2D eigenvalue weighted by Gasteiger charge is 2.21. The topological polar surface area (TPSA) is 72.4 Å². The van der Waals surface area contributed by atoms with E-state index < -0.39 is 5.97 Å². The Kier molecular flexibility index (Phi) is 2.49. The number of aromatic nitrogens is 4. The number of hydrogen-bond donors (Lipinski definition) is 1. The Morgan fingerprint density at radius 2 is 2.12 bits per heavy atom. The Balaban J connectivity index is 2.74. The molecular formula is C9H11BrN4O2. The highest BCUT2D eigenvalue weighted by atomic mass is 79.9. The molecule has 2 aromatic heterocycles. The van der Waals surface area contributed by atoms with E-state index in [1.54, 1.807) is 4.57 Å². The molecule has 0 amide bonds. The van der Waals surface area contributed by atoms with Gasteiger partial charge >= 0.3 is 5.97 Å². The van der Waals surface area contributed by atoms with Crippen molar-refractivity contribution in [3.05, 3.63) is 16.1 Å². The average molecular weight is 287 g/mol. The van der Waals surface area contributed by atoms with E-state index in [0.717, 1.165) is 5.82 Å². The summed E-state index contributed by atoms with van der Waals surface area (Å²) < 4.78 is 3.66. The van der Waals surface area contributed by atoms with Crippen molar-refractivity contribution in [3.8, 4) is 0 Å². The van der Waals surface area contributed by atoms with Gasteiger partial charge in [0.1, 0.15) is 10.4 Å². The SMILES string of the molecule is CC(C)c1nn2c(Br)c(C(=O)O)nc2n1C. The first kappa shape index (κ1) is 11.1. The predicted molar refractivity (Wildman–Crippen MR) is 60.7 cm³/mol. The smallest absolute Gasteiger partial charge is 0.357 e. The molecule has 7 heteroatoms. The lowest BCUT2D eigenvalue weighted by Crippen LogP contribution is -2.03. The molecule has 0 radical (unpaired) electrons. The molecule has 0 saturated carbocycles. The summed E-state index contributed by atoms with van der Waals surface area (Å²) in [6.07, 6.45) is 0. The lowest BCUT2D eigenvalue weighted by molar-refractivity contribution is 0.0690. The first-order chi connectivity index (χ1) is 7.43. The number of hydrogen-bond acceptors (Lipinski definition) is 3. The molecule has 0 saturated heterocycles. The van der Waals surface area contributed by atoms with Crippen molar-refractivity contribution in [2.24, 2.45) is 7.05 Å². The molecule has 2 rings (SSSR count). The van der Waals surface area contributed by atoms with Gasteiger partial charge in [0.25, 0.3) is 0 Å². The summed E-state index contributed by atoms with van der Waals surface area (Å²) in [4.78, 5) is 14.9. The minimum Gasteiger partial charge on any atom is -0.476 e. The van der Waals surface area contributed by atoms with Crippen LogP contribution >= 0.6 is 15.9 Å². The van der Waals surface area contributed by atoms with Crippen LogP contribution in [0, 0.1) is 0 Å². The van der Waals surface area contributed by atoms with Gasteiger partial charge < -0.3 is 5.11 Å². The minimum atomic E-state index is -1.07. The van der Waals surface area contributed by atoms with Gasteiger partial charge in [-0.25, -0.2) is 9.78 Å². The van der Waals surface area contributed by atoms with Crippen molar-refractivity contribution >= 4 is 27.7 Å². The van der Waals surface area contributed by atoms with E-state index >= 15 is 0 Å². The molecule has 0 unspecified atom stereocenters. The maximum atomic E-state index is 10.9. The second-order valence-electron chi connectivity index (χ2n) is 3.84. The van der Waals surface area contributed by atoms with E-state index in [2.05, 4.69) is 26.0 Å². The first-order valence-corrected chi connectivity index (χ1v) is 5.57. The fourth-order valence-electron chi connectivity index (χ4n) is 1.60. The number of halogens is 1. The van der Waals surface area contributed by atoms with E-state index in [1.165, 1.54) is 4.52 Å². The zero-order valence-corrected chi connectivity index (χ0v) is 10.7. The summed E-state index contributed by atoms with van der Waals surface area (Å²) in [7, 11) is 1.82. The van der Waals surface area contributed by atoms with Crippen molar-refractivity contribution in [2.75, 3.05) is 0 Å². The molecule has 16 heavy (non-hydrogen) atoms. The molecule has 6 nitrogen and oxygen atoms in total. The lowest BCUT2D eigenvalue weighted by Gasteiger charge is -2.02. The minimum absolute atomic E-state index is 0.0200. The number of rotatable bonds is 2. The standard InChI is InChI=1S/C9H11BrN4O2/c1-4(2)7-12-14-6(10)5(8(15)16)11-9(14)13(7)3/h4H,1-3H3,(H,15,16). The Hall–Kier alpha value is -1.37. The van der Waals surface area contributed by atoms with Crippen molar-refractivity contribution in [1.82, 2.24) is 19.2 Å². The van der Waals surface area contributed by atoms with Crippen molar-refractivity contribution in [3.63, 3.8) is 0 Å². The van der Waals surface area contributed by atoms with Gasteiger partial charge in [-0.15, -0.1) is 0 Å². The van der Waals surface area contributed by atoms with Crippen LogP contribution in [0.4, 0.5) is 0 Å². The van der Waals surface area contributed by atoms with Crippen LogP contribution in [0.2, 0.25) is 0 Å². The zero-order valence-electron chi connectivity index (χ0n) is 9.10. The number of nitrogens with zero attached hydrogens (tertiary/aromatic N) is 4. The Labute approximate surface area is 100 Å². The van der Waals surface area contributed by atoms with Crippen LogP contribution < -0.4 is 0 Å². The summed E-state index contributed by atoms with van der Waals surface area (Å²) in [5, 5.41) is 13.2. The molecule has 0 aliphatic rings. The fourth-order valence-corrected chi connectivity index (χ4v) is 2.09. The van der Waals surface area contributed by atoms with Gasteiger partial charge in [-0.1, -0.05) is 13.8 Å². The van der Waals surface area contributed by atoms with Gasteiger partial charge in [0.2, 0.25) is 5.78 Å². The second kappa shape index (κ2) is 3.58. The van der Waals surface area contributed by atoms with Gasteiger partial charge in [0.05, 0.1) is 0 Å². The van der Waals surface area contributed by atoms with Crippen LogP contribution in [0.3, 0.4) is 0 Å². The summed E-state index contributed by atoms with van der Waals surface area (Å²) >= 11 is 3.19. The molecule has 86 valence electrons. The molecule has 0 atom stereocenters. The number of aromatic carboxylic acids is 1. The van der Waals surface area contributed by atoms with Gasteiger partial charge in [-0.3, -0.25) is 4.57 Å². The van der Waals surface area contributed by atoms with E-state index in [1.807, 2.05) is 20.9 Å². The molecular weight excluding hydrogens is 276 g/mol. The van der Waals surface area contributed by atoms with Crippen LogP contribution in [0.25, 0.3) is 5.78 Å². The number of fused-ring (bicyclic) bond motifs is 1. The van der Waals surface area contributed by atoms with Crippen molar-refractivity contribution < 1.29 is 9.90 Å². The number of carboxylic acids is 1. The van der Waals surface area contributed by atoms with E-state index in [4.69, 9.17) is 5.11 Å². The normalized spacial score (nSPS) is 11.6. The lowest BCUT2D eigenvalue weighted by atomic mass is 10.2.